The molecule has 0 atom stereocenters. The molecule has 1 aromatic heterocycles. The molecule has 0 radical (unpaired) electrons. The Balaban J connectivity index is 2.94. The van der Waals surface area contributed by atoms with E-state index in [-0.39, 0.29) is 0 Å². The van der Waals surface area contributed by atoms with Crippen molar-refractivity contribution >= 4 is 42.9 Å². The monoisotopic (exact) mass is 290 g/mol. The zero-order chi connectivity index (χ0) is 8.72. The molecule has 0 aliphatic heterocycles. The molecule has 5 heteroatoms. The molecule has 0 bridgehead atoms. The summed E-state index contributed by atoms with van der Waals surface area (Å²) in [6, 6.07) is 1.88. The number of benzene rings is 1. The molecule has 0 aliphatic carbocycles. The molecule has 62 valence electrons. The second-order valence-electron chi connectivity index (χ2n) is 2.43. The first-order valence-corrected chi connectivity index (χ1v) is 4.85. The van der Waals surface area contributed by atoms with Crippen molar-refractivity contribution in [2.75, 3.05) is 0 Å². The fraction of sp³-hybridized carbons (Fsp3) is 0.143. The minimum atomic E-state index is 0.749. The Morgan fingerprint density at radius 2 is 2.08 bits per heavy atom. The summed E-state index contributed by atoms with van der Waals surface area (Å²) >= 11 is 6.83. The van der Waals surface area contributed by atoms with Crippen molar-refractivity contribution in [3.63, 3.8) is 0 Å². The van der Waals surface area contributed by atoms with Crippen molar-refractivity contribution in [1.82, 2.24) is 10.3 Å². The van der Waals surface area contributed by atoms with Gasteiger partial charge in [-0.15, -0.1) is 0 Å². The molecule has 0 unspecified atom stereocenters. The lowest BCUT2D eigenvalue weighted by Crippen LogP contribution is -1.80. The Bertz CT molecular complexity index is 438. The van der Waals surface area contributed by atoms with Gasteiger partial charge in [0.25, 0.3) is 0 Å². The molecule has 0 saturated heterocycles. The molecule has 2 aromatic rings. The van der Waals surface area contributed by atoms with Crippen LogP contribution in [-0.2, 0) is 0 Å². The zero-order valence-electron chi connectivity index (χ0n) is 6.14. The van der Waals surface area contributed by atoms with Gasteiger partial charge in [0.05, 0.1) is 4.47 Å². The van der Waals surface area contributed by atoms with Crippen LogP contribution in [0.15, 0.2) is 19.6 Å². The topological polar surface area (TPSA) is 38.9 Å². The zero-order valence-corrected chi connectivity index (χ0v) is 9.31. The molecule has 0 saturated carbocycles. The second-order valence-corrected chi connectivity index (χ2v) is 4.08. The van der Waals surface area contributed by atoms with Gasteiger partial charge in [0.2, 0.25) is 0 Å². The number of aromatic nitrogens is 2. The van der Waals surface area contributed by atoms with E-state index in [1.54, 1.807) is 0 Å². The normalized spacial score (nSPS) is 10.9. The summed E-state index contributed by atoms with van der Waals surface area (Å²) in [7, 11) is 0. The predicted octanol–water partition coefficient (Wildman–Crippen LogP) is 3.06. The van der Waals surface area contributed by atoms with Crippen LogP contribution in [0.3, 0.4) is 0 Å². The quantitative estimate of drug-likeness (QED) is 0.749. The highest BCUT2D eigenvalue weighted by Gasteiger charge is 2.10. The first kappa shape index (κ1) is 8.19. The highest BCUT2D eigenvalue weighted by molar-refractivity contribution is 9.11. The van der Waals surface area contributed by atoms with Crippen LogP contribution in [0.4, 0.5) is 0 Å². The lowest BCUT2D eigenvalue weighted by molar-refractivity contribution is 0.315. The van der Waals surface area contributed by atoms with E-state index in [9.17, 15) is 0 Å². The molecule has 0 spiro atoms. The standard InChI is InChI=1S/C7H4Br2N2O/c1-3-4(8)2-5-7(6(3)9)11-12-10-5/h2H,1H3. The average molecular weight is 292 g/mol. The van der Waals surface area contributed by atoms with E-state index in [0.29, 0.717) is 0 Å². The van der Waals surface area contributed by atoms with Crippen LogP contribution in [0.1, 0.15) is 5.56 Å². The molecule has 0 N–H and O–H groups in total. The molecular weight excluding hydrogens is 288 g/mol. The summed E-state index contributed by atoms with van der Waals surface area (Å²) in [6.07, 6.45) is 0. The van der Waals surface area contributed by atoms with E-state index >= 15 is 0 Å². The Hall–Kier alpha value is -0.420. The molecule has 0 amide bonds. The second kappa shape index (κ2) is 2.81. The third kappa shape index (κ3) is 1.08. The molecule has 2 rings (SSSR count). The predicted molar refractivity (Wildman–Crippen MR) is 51.9 cm³/mol. The van der Waals surface area contributed by atoms with E-state index in [1.807, 2.05) is 13.0 Å². The molecule has 0 fully saturated rings. The number of hydrogen-bond donors (Lipinski definition) is 0. The number of rotatable bonds is 0. The van der Waals surface area contributed by atoms with Crippen molar-refractivity contribution in [1.29, 1.82) is 0 Å². The molecule has 1 heterocycles. The Morgan fingerprint density at radius 3 is 2.83 bits per heavy atom. The van der Waals surface area contributed by atoms with Gasteiger partial charge in [-0.3, -0.25) is 0 Å². The van der Waals surface area contributed by atoms with E-state index in [4.69, 9.17) is 0 Å². The summed E-state index contributed by atoms with van der Waals surface area (Å²) in [4.78, 5) is 0. The van der Waals surface area contributed by atoms with Crippen molar-refractivity contribution in [3.05, 3.63) is 20.6 Å². The summed E-state index contributed by atoms with van der Waals surface area (Å²) in [6.45, 7) is 1.99. The van der Waals surface area contributed by atoms with E-state index in [0.717, 1.165) is 25.5 Å². The largest absolute Gasteiger partial charge is 0.243 e. The fourth-order valence-corrected chi connectivity index (χ4v) is 2.12. The van der Waals surface area contributed by atoms with Crippen LogP contribution < -0.4 is 0 Å². The molecule has 0 aliphatic rings. The number of hydrogen-bond acceptors (Lipinski definition) is 3. The van der Waals surface area contributed by atoms with E-state index in [1.165, 1.54) is 0 Å². The van der Waals surface area contributed by atoms with Gasteiger partial charge in [-0.25, -0.2) is 4.63 Å². The Kier molecular flexibility index (Phi) is 1.92. The number of halogens is 2. The van der Waals surface area contributed by atoms with Crippen molar-refractivity contribution in [2.45, 2.75) is 6.92 Å². The SMILES string of the molecule is Cc1c(Br)cc2nonc2c1Br. The third-order valence-corrected chi connectivity index (χ3v) is 3.47. The summed E-state index contributed by atoms with van der Waals surface area (Å²) in [5.74, 6) is 0. The fourth-order valence-electron chi connectivity index (χ4n) is 0.953. The lowest BCUT2D eigenvalue weighted by atomic mass is 10.2. The minimum Gasteiger partial charge on any atom is -0.243 e. The summed E-state index contributed by atoms with van der Waals surface area (Å²) in [5.41, 5.74) is 2.60. The van der Waals surface area contributed by atoms with Crippen LogP contribution in [-0.4, -0.2) is 10.3 Å². The first-order chi connectivity index (χ1) is 5.70. The van der Waals surface area contributed by atoms with E-state index in [2.05, 4.69) is 46.8 Å². The van der Waals surface area contributed by atoms with Crippen molar-refractivity contribution in [3.8, 4) is 0 Å². The number of nitrogens with zero attached hydrogens (tertiary/aromatic N) is 2. The molecule has 12 heavy (non-hydrogen) atoms. The smallest absolute Gasteiger partial charge is 0.149 e. The molecular formula is C7H4Br2N2O. The van der Waals surface area contributed by atoms with Crippen LogP contribution in [0.25, 0.3) is 11.0 Å². The van der Waals surface area contributed by atoms with Crippen molar-refractivity contribution in [2.24, 2.45) is 0 Å². The van der Waals surface area contributed by atoms with Crippen LogP contribution >= 0.6 is 31.9 Å². The van der Waals surface area contributed by atoms with Crippen LogP contribution in [0.5, 0.6) is 0 Å². The summed E-state index contributed by atoms with van der Waals surface area (Å²) < 4.78 is 6.53. The maximum atomic E-state index is 4.60. The average Bonchev–Trinajstić information content (AvgIpc) is 2.48. The minimum absolute atomic E-state index is 0.749. The van der Waals surface area contributed by atoms with E-state index < -0.39 is 0 Å². The summed E-state index contributed by atoms with van der Waals surface area (Å²) in [5, 5.41) is 7.50. The highest BCUT2D eigenvalue weighted by atomic mass is 79.9. The molecule has 1 aromatic carbocycles. The maximum Gasteiger partial charge on any atom is 0.149 e. The lowest BCUT2D eigenvalue weighted by Gasteiger charge is -1.99. The first-order valence-electron chi connectivity index (χ1n) is 3.27. The van der Waals surface area contributed by atoms with Crippen LogP contribution in [0.2, 0.25) is 0 Å². The van der Waals surface area contributed by atoms with Gasteiger partial charge >= 0.3 is 0 Å². The van der Waals surface area contributed by atoms with Crippen molar-refractivity contribution < 1.29 is 4.63 Å². The maximum absolute atomic E-state index is 4.60. The van der Waals surface area contributed by atoms with Gasteiger partial charge in [-0.2, -0.15) is 0 Å². The number of fused-ring (bicyclic) bond motifs is 1. The van der Waals surface area contributed by atoms with Gasteiger partial charge in [-0.1, -0.05) is 15.9 Å². The van der Waals surface area contributed by atoms with Crippen LogP contribution in [0, 0.1) is 6.92 Å². The van der Waals surface area contributed by atoms with Gasteiger partial charge in [0.1, 0.15) is 11.0 Å². The molecule has 3 nitrogen and oxygen atoms in total. The highest BCUT2D eigenvalue weighted by Crippen LogP contribution is 2.30. The van der Waals surface area contributed by atoms with Gasteiger partial charge in [0, 0.05) is 4.47 Å². The van der Waals surface area contributed by atoms with Gasteiger partial charge in [-0.05, 0) is 44.8 Å². The van der Waals surface area contributed by atoms with Gasteiger partial charge < -0.3 is 0 Å². The third-order valence-electron chi connectivity index (χ3n) is 1.67. The Labute approximate surface area is 85.3 Å². The van der Waals surface area contributed by atoms with Gasteiger partial charge in [0.15, 0.2) is 0 Å². The Morgan fingerprint density at radius 1 is 1.33 bits per heavy atom.